The Morgan fingerprint density at radius 2 is 1.79 bits per heavy atom. The summed E-state index contributed by atoms with van der Waals surface area (Å²) >= 11 is 0.789. The number of pyridine rings is 1. The van der Waals surface area contributed by atoms with Crippen LogP contribution in [-0.2, 0) is 22.9 Å². The standard InChI is InChI=1S/C31H29F3N6O2S/c32-31(33,34)26-24(12-7-14-36-26)43-28-27(35)39-25(16-37-28)40-15-13-22-23(17-40)30(22,21-10-5-2-6-11-21)19-38-29(41)42-18-20-8-3-1-4-9-20/h1-12,14,16,22-23H,13,15,17-19H2,(H2,35,39)(H,38,41). The smallest absolute Gasteiger partial charge is 0.434 e. The summed E-state index contributed by atoms with van der Waals surface area (Å²) in [7, 11) is 0. The van der Waals surface area contributed by atoms with Crippen molar-refractivity contribution >= 4 is 29.5 Å². The zero-order valence-electron chi connectivity index (χ0n) is 23.0. The van der Waals surface area contributed by atoms with Crippen LogP contribution in [0.15, 0.2) is 95.1 Å². The van der Waals surface area contributed by atoms with Crippen molar-refractivity contribution in [1.29, 1.82) is 0 Å². The van der Waals surface area contributed by atoms with Crippen LogP contribution in [0.3, 0.4) is 0 Å². The van der Waals surface area contributed by atoms with E-state index in [1.807, 2.05) is 48.5 Å². The number of aromatic nitrogens is 3. The summed E-state index contributed by atoms with van der Waals surface area (Å²) in [5.74, 6) is 1.20. The number of rotatable bonds is 8. The van der Waals surface area contributed by atoms with Crippen molar-refractivity contribution in [1.82, 2.24) is 20.3 Å². The number of hydrogen-bond acceptors (Lipinski definition) is 8. The predicted molar refractivity (Wildman–Crippen MR) is 156 cm³/mol. The highest BCUT2D eigenvalue weighted by molar-refractivity contribution is 7.99. The molecule has 1 aliphatic carbocycles. The third-order valence-corrected chi connectivity index (χ3v) is 9.25. The van der Waals surface area contributed by atoms with Gasteiger partial charge in [0.1, 0.15) is 17.5 Å². The van der Waals surface area contributed by atoms with Crippen molar-refractivity contribution in [2.24, 2.45) is 11.8 Å². The van der Waals surface area contributed by atoms with E-state index in [0.29, 0.717) is 31.4 Å². The van der Waals surface area contributed by atoms with E-state index in [-0.39, 0.29) is 33.7 Å². The first kappa shape index (κ1) is 28.8. The van der Waals surface area contributed by atoms with E-state index in [4.69, 9.17) is 10.5 Å². The van der Waals surface area contributed by atoms with Gasteiger partial charge in [-0.15, -0.1) is 0 Å². The molecule has 1 saturated heterocycles. The summed E-state index contributed by atoms with van der Waals surface area (Å²) in [5, 5.41) is 3.19. The number of anilines is 2. The maximum atomic E-state index is 13.4. The van der Waals surface area contributed by atoms with Gasteiger partial charge in [0.2, 0.25) is 0 Å². The summed E-state index contributed by atoms with van der Waals surface area (Å²) in [6.45, 7) is 2.00. The molecule has 2 aliphatic rings. The molecule has 8 nitrogen and oxygen atoms in total. The number of amides is 1. The van der Waals surface area contributed by atoms with Gasteiger partial charge in [-0.25, -0.2) is 14.8 Å². The van der Waals surface area contributed by atoms with Crippen LogP contribution in [0.2, 0.25) is 0 Å². The van der Waals surface area contributed by atoms with E-state index >= 15 is 0 Å². The number of carbonyl (C=O) groups excluding carboxylic acids is 1. The van der Waals surface area contributed by atoms with Crippen molar-refractivity contribution in [3.05, 3.63) is 102 Å². The maximum Gasteiger partial charge on any atom is 0.434 e. The van der Waals surface area contributed by atoms with Gasteiger partial charge in [0.15, 0.2) is 11.5 Å². The number of nitrogen functional groups attached to an aromatic ring is 1. The fourth-order valence-electron chi connectivity index (χ4n) is 6.12. The number of halogens is 3. The Hall–Kier alpha value is -4.32. The molecule has 0 radical (unpaired) electrons. The third kappa shape index (κ3) is 5.96. The van der Waals surface area contributed by atoms with E-state index in [2.05, 4.69) is 37.3 Å². The number of ether oxygens (including phenoxy) is 1. The monoisotopic (exact) mass is 606 g/mol. The first-order valence-electron chi connectivity index (χ1n) is 13.8. The predicted octanol–water partition coefficient (Wildman–Crippen LogP) is 5.94. The van der Waals surface area contributed by atoms with Crippen LogP contribution in [0.25, 0.3) is 0 Å². The number of fused-ring (bicyclic) bond motifs is 1. The number of nitrogens with one attached hydrogen (secondary N) is 1. The highest BCUT2D eigenvalue weighted by Gasteiger charge is 2.66. The molecule has 1 saturated carbocycles. The fraction of sp³-hybridized carbons (Fsp3) is 0.290. The van der Waals surface area contributed by atoms with Gasteiger partial charge in [-0.3, -0.25) is 4.98 Å². The number of alkyl halides is 3. The molecule has 2 aromatic heterocycles. The molecule has 4 aromatic rings. The highest BCUT2D eigenvalue weighted by Crippen LogP contribution is 2.63. The van der Waals surface area contributed by atoms with Crippen LogP contribution in [0.5, 0.6) is 0 Å². The fourth-order valence-corrected chi connectivity index (χ4v) is 7.00. The van der Waals surface area contributed by atoms with Crippen molar-refractivity contribution in [2.75, 3.05) is 30.3 Å². The molecule has 2 aromatic carbocycles. The summed E-state index contributed by atoms with van der Waals surface area (Å²) in [6.07, 6.45) is -1.55. The number of alkyl carbamates (subject to hydrolysis) is 1. The molecule has 0 spiro atoms. The minimum absolute atomic E-state index is 0.0505. The van der Waals surface area contributed by atoms with E-state index in [1.165, 1.54) is 12.1 Å². The van der Waals surface area contributed by atoms with Gasteiger partial charge < -0.3 is 20.7 Å². The van der Waals surface area contributed by atoms with Crippen molar-refractivity contribution < 1.29 is 22.7 Å². The molecule has 6 rings (SSSR count). The Balaban J connectivity index is 1.15. The number of nitrogens with zero attached hydrogens (tertiary/aromatic N) is 4. The Labute approximate surface area is 250 Å². The van der Waals surface area contributed by atoms with Crippen molar-refractivity contribution in [2.45, 2.75) is 34.5 Å². The van der Waals surface area contributed by atoms with Crippen LogP contribution in [0.4, 0.5) is 29.6 Å². The quantitative estimate of drug-likeness (QED) is 0.254. The molecular formula is C31H29F3N6O2S. The zero-order chi connectivity index (χ0) is 30.0. The molecule has 3 unspecified atom stereocenters. The second kappa shape index (κ2) is 11.8. The van der Waals surface area contributed by atoms with Gasteiger partial charge in [0.05, 0.1) is 6.20 Å². The molecule has 2 fully saturated rings. The maximum absolute atomic E-state index is 13.4. The van der Waals surface area contributed by atoms with E-state index in [0.717, 1.165) is 35.5 Å². The average molecular weight is 607 g/mol. The highest BCUT2D eigenvalue weighted by atomic mass is 32.2. The molecule has 3 N–H and O–H groups in total. The second-order valence-corrected chi connectivity index (χ2v) is 11.7. The summed E-state index contributed by atoms with van der Waals surface area (Å²) in [4.78, 5) is 27.0. The molecule has 0 bridgehead atoms. The normalized spacial score (nSPS) is 21.1. The van der Waals surface area contributed by atoms with E-state index in [1.54, 1.807) is 6.20 Å². The molecule has 1 amide bonds. The number of carbonyl (C=O) groups is 1. The third-order valence-electron chi connectivity index (χ3n) is 8.20. The first-order valence-corrected chi connectivity index (χ1v) is 14.6. The molecular weight excluding hydrogens is 577 g/mol. The number of nitrogens with two attached hydrogens (primary N) is 1. The molecule has 3 atom stereocenters. The number of piperidine rings is 1. The average Bonchev–Trinajstić information content (AvgIpc) is 3.68. The molecule has 43 heavy (non-hydrogen) atoms. The van der Waals surface area contributed by atoms with Crippen molar-refractivity contribution in [3.63, 3.8) is 0 Å². The lowest BCUT2D eigenvalue weighted by atomic mass is 9.91. The molecule has 12 heteroatoms. The summed E-state index contributed by atoms with van der Waals surface area (Å²) in [5.41, 5.74) is 7.01. The van der Waals surface area contributed by atoms with Crippen LogP contribution in [0, 0.1) is 11.8 Å². The Bertz CT molecular complexity index is 1590. The SMILES string of the molecule is Nc1nc(N2CCC3C(C2)C3(CNC(=O)OCc2ccccc2)c2ccccc2)cnc1Sc1cccnc1C(F)(F)F. The topological polar surface area (TPSA) is 106 Å². The van der Waals surface area contributed by atoms with Crippen molar-refractivity contribution in [3.8, 4) is 0 Å². The van der Waals surface area contributed by atoms with Gasteiger partial charge in [-0.1, -0.05) is 72.4 Å². The summed E-state index contributed by atoms with van der Waals surface area (Å²) in [6, 6.07) is 22.5. The number of hydrogen-bond donors (Lipinski definition) is 2. The van der Waals surface area contributed by atoms with E-state index < -0.39 is 18.0 Å². The van der Waals surface area contributed by atoms with Gasteiger partial charge in [-0.2, -0.15) is 13.2 Å². The lowest BCUT2D eigenvalue weighted by Gasteiger charge is -2.27. The first-order chi connectivity index (χ1) is 20.8. The molecule has 222 valence electrons. The number of benzene rings is 2. The lowest BCUT2D eigenvalue weighted by Crippen LogP contribution is -2.35. The minimum atomic E-state index is -4.60. The van der Waals surface area contributed by atoms with Crippen LogP contribution < -0.4 is 16.0 Å². The van der Waals surface area contributed by atoms with Gasteiger partial charge in [0, 0.05) is 36.1 Å². The lowest BCUT2D eigenvalue weighted by molar-refractivity contribution is -0.143. The zero-order valence-corrected chi connectivity index (χ0v) is 23.8. The minimum Gasteiger partial charge on any atom is -0.445 e. The van der Waals surface area contributed by atoms with Crippen LogP contribution >= 0.6 is 11.8 Å². The Morgan fingerprint density at radius 3 is 2.51 bits per heavy atom. The van der Waals surface area contributed by atoms with Gasteiger partial charge in [-0.05, 0) is 41.5 Å². The molecule has 3 heterocycles. The van der Waals surface area contributed by atoms with Gasteiger partial charge >= 0.3 is 12.3 Å². The van der Waals surface area contributed by atoms with Crippen LogP contribution in [-0.4, -0.2) is 40.7 Å². The summed E-state index contributed by atoms with van der Waals surface area (Å²) < 4.78 is 45.7. The van der Waals surface area contributed by atoms with E-state index in [9.17, 15) is 18.0 Å². The Morgan fingerprint density at radius 1 is 1.05 bits per heavy atom. The second-order valence-electron chi connectivity index (χ2n) is 10.6. The van der Waals surface area contributed by atoms with Crippen LogP contribution in [0.1, 0.15) is 23.2 Å². The molecule has 1 aliphatic heterocycles. The van der Waals surface area contributed by atoms with Gasteiger partial charge in [0.25, 0.3) is 0 Å². The Kier molecular flexibility index (Phi) is 7.87. The largest absolute Gasteiger partial charge is 0.445 e.